The first-order valence-electron chi connectivity index (χ1n) is 11.8. The third-order valence-corrected chi connectivity index (χ3v) is 5.73. The van der Waals surface area contributed by atoms with Crippen molar-refractivity contribution >= 4 is 5.84 Å². The number of aliphatic hydroxyl groups is 1. The van der Waals surface area contributed by atoms with Gasteiger partial charge < -0.3 is 5.11 Å². The minimum atomic E-state index is 0.268. The smallest absolute Gasteiger partial charge is 0.245 e. The number of β-amino-alcohol motifs (C(OH)–C–C–N with tert-alkyl or cyclic N) is 1. The lowest BCUT2D eigenvalue weighted by Gasteiger charge is -2.04. The number of nitrogens with zero attached hydrogens (tertiary/aromatic N) is 1. The second-order valence-corrected chi connectivity index (χ2v) is 8.14. The van der Waals surface area contributed by atoms with Crippen LogP contribution in [0.4, 0.5) is 0 Å². The van der Waals surface area contributed by atoms with Crippen LogP contribution in [0.3, 0.4) is 0 Å². The normalized spacial score (nSPS) is 14.2. The van der Waals surface area contributed by atoms with E-state index in [9.17, 15) is 0 Å². The van der Waals surface area contributed by atoms with Gasteiger partial charge in [0.05, 0.1) is 6.61 Å². The highest BCUT2D eigenvalue weighted by molar-refractivity contribution is 5.78. The van der Waals surface area contributed by atoms with E-state index in [1.807, 2.05) is 0 Å². The van der Waals surface area contributed by atoms with E-state index in [1.54, 1.807) is 0 Å². The molecule has 1 aliphatic heterocycles. The van der Waals surface area contributed by atoms with Gasteiger partial charge in [-0.3, -0.25) is 9.89 Å². The fourth-order valence-corrected chi connectivity index (χ4v) is 4.04. The van der Waals surface area contributed by atoms with Gasteiger partial charge in [-0.1, -0.05) is 103 Å². The summed E-state index contributed by atoms with van der Waals surface area (Å²) in [5.41, 5.74) is 0. The van der Waals surface area contributed by atoms with Gasteiger partial charge >= 0.3 is 0 Å². The molecule has 0 spiro atoms. The summed E-state index contributed by atoms with van der Waals surface area (Å²) in [7, 11) is 0. The second-order valence-electron chi connectivity index (χ2n) is 8.14. The van der Waals surface area contributed by atoms with Crippen LogP contribution in [-0.2, 0) is 0 Å². The highest BCUT2D eigenvalue weighted by Crippen LogP contribution is 2.14. The molecule has 0 aromatic heterocycles. The Labute approximate surface area is 163 Å². The Balaban J connectivity index is 1.77. The van der Waals surface area contributed by atoms with Gasteiger partial charge in [-0.2, -0.15) is 0 Å². The number of nitrogens with one attached hydrogen (secondary N) is 1. The van der Waals surface area contributed by atoms with Crippen LogP contribution in [0.25, 0.3) is 0 Å². The van der Waals surface area contributed by atoms with Crippen molar-refractivity contribution in [1.29, 1.82) is 0 Å². The minimum Gasteiger partial charge on any atom is -0.392 e. The summed E-state index contributed by atoms with van der Waals surface area (Å²) in [6, 6.07) is 0. The first-order valence-corrected chi connectivity index (χ1v) is 11.8. The van der Waals surface area contributed by atoms with Gasteiger partial charge in [0.15, 0.2) is 0 Å². The molecular formula is C23H47N2O+. The van der Waals surface area contributed by atoms with E-state index in [-0.39, 0.29) is 6.61 Å². The average molecular weight is 368 g/mol. The molecule has 1 aliphatic rings. The number of unbranched alkanes of at least 4 members (excludes halogenated alkanes) is 15. The van der Waals surface area contributed by atoms with Crippen molar-refractivity contribution in [1.82, 2.24) is 5.32 Å². The van der Waals surface area contributed by atoms with E-state index in [0.29, 0.717) is 0 Å². The van der Waals surface area contributed by atoms with E-state index in [2.05, 4.69) is 16.8 Å². The molecule has 0 saturated heterocycles. The predicted molar refractivity (Wildman–Crippen MR) is 114 cm³/mol. The molecule has 0 aromatic carbocycles. The van der Waals surface area contributed by atoms with Crippen molar-refractivity contribution in [2.75, 3.05) is 26.2 Å². The predicted octanol–water partition coefficient (Wildman–Crippen LogP) is 5.64. The summed E-state index contributed by atoms with van der Waals surface area (Å²) >= 11 is 0. The molecule has 3 nitrogen and oxygen atoms in total. The Morgan fingerprint density at radius 2 is 1.19 bits per heavy atom. The first-order chi connectivity index (χ1) is 12.9. The summed E-state index contributed by atoms with van der Waals surface area (Å²) in [4.78, 5) is 0. The third kappa shape index (κ3) is 12.7. The Kier molecular flexibility index (Phi) is 16.1. The molecule has 3 heteroatoms. The SMILES string of the molecule is CCCCCCCCCCCCCCCCCCC1=[N+](CCO)CCN1. The van der Waals surface area contributed by atoms with Gasteiger partial charge in [-0.15, -0.1) is 0 Å². The third-order valence-electron chi connectivity index (χ3n) is 5.73. The number of hydrogen-bond acceptors (Lipinski definition) is 2. The van der Waals surface area contributed by atoms with Crippen molar-refractivity contribution in [3.63, 3.8) is 0 Å². The maximum atomic E-state index is 9.07. The summed E-state index contributed by atoms with van der Waals surface area (Å²) in [6.07, 6.45) is 24.0. The zero-order valence-electron chi connectivity index (χ0n) is 17.7. The molecule has 0 radical (unpaired) electrons. The van der Waals surface area contributed by atoms with Gasteiger partial charge in [0.25, 0.3) is 0 Å². The monoisotopic (exact) mass is 367 g/mol. The molecule has 0 amide bonds. The molecule has 0 atom stereocenters. The number of aliphatic hydroxyl groups excluding tert-OH is 1. The summed E-state index contributed by atoms with van der Waals surface area (Å²) in [5, 5.41) is 12.5. The van der Waals surface area contributed by atoms with Crippen molar-refractivity contribution in [2.24, 2.45) is 0 Å². The molecule has 1 heterocycles. The van der Waals surface area contributed by atoms with Crippen LogP contribution in [-0.4, -0.2) is 41.8 Å². The van der Waals surface area contributed by atoms with Gasteiger partial charge in [0.2, 0.25) is 5.84 Å². The quantitative estimate of drug-likeness (QED) is 0.229. The van der Waals surface area contributed by atoms with E-state index in [1.165, 1.54) is 115 Å². The lowest BCUT2D eigenvalue weighted by Crippen LogP contribution is -2.24. The number of amidine groups is 1. The molecule has 0 unspecified atom stereocenters. The maximum absolute atomic E-state index is 9.07. The zero-order valence-corrected chi connectivity index (χ0v) is 17.7. The molecule has 0 saturated carbocycles. The molecule has 0 fully saturated rings. The van der Waals surface area contributed by atoms with Crippen LogP contribution in [0.1, 0.15) is 116 Å². The Morgan fingerprint density at radius 1 is 0.731 bits per heavy atom. The zero-order chi connectivity index (χ0) is 18.7. The van der Waals surface area contributed by atoms with Gasteiger partial charge in [0.1, 0.15) is 19.6 Å². The minimum absolute atomic E-state index is 0.268. The fraction of sp³-hybridized carbons (Fsp3) is 0.957. The molecule has 0 bridgehead atoms. The number of rotatable bonds is 19. The van der Waals surface area contributed by atoms with Crippen LogP contribution in [0.15, 0.2) is 0 Å². The van der Waals surface area contributed by atoms with Crippen LogP contribution in [0.5, 0.6) is 0 Å². The average Bonchev–Trinajstić information content (AvgIpc) is 3.09. The van der Waals surface area contributed by atoms with Gasteiger partial charge in [-0.25, -0.2) is 0 Å². The summed E-state index contributed by atoms with van der Waals surface area (Å²) < 4.78 is 2.31. The van der Waals surface area contributed by atoms with E-state index in [4.69, 9.17) is 5.11 Å². The molecular weight excluding hydrogens is 320 g/mol. The fourth-order valence-electron chi connectivity index (χ4n) is 4.04. The molecule has 26 heavy (non-hydrogen) atoms. The molecule has 0 aliphatic carbocycles. The second kappa shape index (κ2) is 17.8. The van der Waals surface area contributed by atoms with Crippen LogP contribution < -0.4 is 5.32 Å². The molecule has 2 N–H and O–H groups in total. The Morgan fingerprint density at radius 3 is 1.65 bits per heavy atom. The standard InChI is InChI=1S/C23H46N2O/c1-2-3-4-5-6-7-8-9-10-11-12-13-14-15-16-17-18-23-24-19-20-25(23)21-22-26/h26H,2-22H2,1H3/p+1. The maximum Gasteiger partial charge on any atom is 0.245 e. The first kappa shape index (κ1) is 23.5. The van der Waals surface area contributed by atoms with Crippen molar-refractivity contribution < 1.29 is 9.68 Å². The number of hydrogen-bond donors (Lipinski definition) is 2. The van der Waals surface area contributed by atoms with Crippen LogP contribution in [0.2, 0.25) is 0 Å². The molecule has 154 valence electrons. The Bertz CT molecular complexity index is 341. The summed E-state index contributed by atoms with van der Waals surface area (Å²) in [5.74, 6) is 1.37. The lowest BCUT2D eigenvalue weighted by molar-refractivity contribution is -0.521. The topological polar surface area (TPSA) is 35.3 Å². The largest absolute Gasteiger partial charge is 0.392 e. The molecule has 1 rings (SSSR count). The lowest BCUT2D eigenvalue weighted by atomic mass is 10.0. The molecule has 0 aromatic rings. The van der Waals surface area contributed by atoms with Crippen LogP contribution >= 0.6 is 0 Å². The van der Waals surface area contributed by atoms with Crippen LogP contribution in [0, 0.1) is 0 Å². The highest BCUT2D eigenvalue weighted by Gasteiger charge is 2.19. The van der Waals surface area contributed by atoms with Gasteiger partial charge in [-0.05, 0) is 6.42 Å². The van der Waals surface area contributed by atoms with E-state index in [0.717, 1.165) is 19.6 Å². The van der Waals surface area contributed by atoms with Gasteiger partial charge in [0, 0.05) is 6.42 Å². The van der Waals surface area contributed by atoms with Crippen molar-refractivity contribution in [3.8, 4) is 0 Å². The van der Waals surface area contributed by atoms with Crippen molar-refractivity contribution in [2.45, 2.75) is 116 Å². The van der Waals surface area contributed by atoms with E-state index < -0.39 is 0 Å². The Hall–Kier alpha value is -0.570. The highest BCUT2D eigenvalue weighted by atomic mass is 16.3. The van der Waals surface area contributed by atoms with E-state index >= 15 is 0 Å². The van der Waals surface area contributed by atoms with Crippen molar-refractivity contribution in [3.05, 3.63) is 0 Å². The summed E-state index contributed by atoms with van der Waals surface area (Å²) in [6.45, 7) is 5.47.